The van der Waals surface area contributed by atoms with Gasteiger partial charge in [-0.1, -0.05) is 48.2 Å². The number of benzene rings is 2. The van der Waals surface area contributed by atoms with Gasteiger partial charge in [0.2, 0.25) is 5.91 Å². The second kappa shape index (κ2) is 12.0. The van der Waals surface area contributed by atoms with Gasteiger partial charge in [0.1, 0.15) is 18.9 Å². The summed E-state index contributed by atoms with van der Waals surface area (Å²) in [7, 11) is 0. The molecule has 0 aromatic heterocycles. The molecule has 0 aliphatic carbocycles. The Labute approximate surface area is 232 Å². The number of carbonyl (C=O) groups excluding carboxylic acids is 3. The Bertz CT molecular complexity index is 1180. The summed E-state index contributed by atoms with van der Waals surface area (Å²) in [6.45, 7) is 1.49. The Morgan fingerprint density at radius 3 is 2.46 bits per heavy atom. The van der Waals surface area contributed by atoms with Gasteiger partial charge in [0.05, 0.1) is 18.5 Å². The van der Waals surface area contributed by atoms with E-state index < -0.39 is 11.1 Å². The second-order valence-corrected chi connectivity index (χ2v) is 11.3. The molecule has 2 aromatic carbocycles. The molecule has 4 rings (SSSR count). The molecular weight excluding hydrogens is 622 g/mol. The summed E-state index contributed by atoms with van der Waals surface area (Å²) in [6.07, 6.45) is 5.79. The maximum atomic E-state index is 12.9. The molecule has 35 heavy (non-hydrogen) atoms. The fraction of sp³-hybridized carbons (Fsp3) is 0.320. The summed E-state index contributed by atoms with van der Waals surface area (Å²) in [6, 6.07) is 10.9. The van der Waals surface area contributed by atoms with E-state index in [-0.39, 0.29) is 12.5 Å². The molecule has 6 nitrogen and oxygen atoms in total. The van der Waals surface area contributed by atoms with Crippen molar-refractivity contribution in [2.75, 3.05) is 19.6 Å². The number of imide groups is 1. The maximum Gasteiger partial charge on any atom is 0.294 e. The summed E-state index contributed by atoms with van der Waals surface area (Å²) >= 11 is 15.0. The van der Waals surface area contributed by atoms with Crippen LogP contribution in [0.2, 0.25) is 10.0 Å². The van der Waals surface area contributed by atoms with Crippen molar-refractivity contribution < 1.29 is 19.1 Å². The molecule has 0 N–H and O–H groups in total. The van der Waals surface area contributed by atoms with E-state index in [4.69, 9.17) is 27.9 Å². The van der Waals surface area contributed by atoms with Crippen molar-refractivity contribution in [2.24, 2.45) is 0 Å². The number of carbonyl (C=O) groups is 3. The van der Waals surface area contributed by atoms with Gasteiger partial charge < -0.3 is 9.64 Å². The minimum Gasteiger partial charge on any atom is -0.488 e. The van der Waals surface area contributed by atoms with Crippen LogP contribution in [0.4, 0.5) is 4.79 Å². The lowest BCUT2D eigenvalue weighted by atomic mass is 10.2. The SMILES string of the molecule is O=C(CN1C(=O)SC(=Cc2ccc(OCc3ccc(Cl)c(Cl)c3)c(I)c2)C1=O)N1CCCCCC1. The van der Waals surface area contributed by atoms with Gasteiger partial charge in [-0.05, 0) is 88.7 Å². The van der Waals surface area contributed by atoms with E-state index in [1.54, 1.807) is 23.1 Å². The number of thioether (sulfide) groups is 1. The topological polar surface area (TPSA) is 66.9 Å². The van der Waals surface area contributed by atoms with Gasteiger partial charge in [0.15, 0.2) is 0 Å². The Kier molecular flexibility index (Phi) is 9.02. The molecule has 2 aliphatic heterocycles. The van der Waals surface area contributed by atoms with Crippen LogP contribution in [0, 0.1) is 3.57 Å². The number of nitrogens with zero attached hydrogens (tertiary/aromatic N) is 2. The second-order valence-electron chi connectivity index (χ2n) is 8.29. The largest absolute Gasteiger partial charge is 0.488 e. The molecule has 0 unspecified atom stereocenters. The van der Waals surface area contributed by atoms with Crippen molar-refractivity contribution in [3.05, 3.63) is 66.0 Å². The average molecular weight is 645 g/mol. The number of rotatable bonds is 6. The van der Waals surface area contributed by atoms with Crippen LogP contribution in [0.25, 0.3) is 6.08 Å². The Hall–Kier alpha value is -1.75. The molecule has 2 aromatic rings. The van der Waals surface area contributed by atoms with E-state index in [2.05, 4.69) is 22.6 Å². The number of likely N-dealkylation sites (tertiary alicyclic amines) is 1. The molecule has 184 valence electrons. The third-order valence-electron chi connectivity index (χ3n) is 5.76. The number of hydrogen-bond acceptors (Lipinski definition) is 5. The molecule has 10 heteroatoms. The zero-order valence-electron chi connectivity index (χ0n) is 18.8. The molecule has 0 saturated carbocycles. The van der Waals surface area contributed by atoms with Gasteiger partial charge in [-0.2, -0.15) is 0 Å². The molecule has 2 heterocycles. The van der Waals surface area contributed by atoms with Crippen LogP contribution < -0.4 is 4.74 Å². The molecule has 0 atom stereocenters. The van der Waals surface area contributed by atoms with Crippen molar-refractivity contribution in [2.45, 2.75) is 32.3 Å². The first-order chi connectivity index (χ1) is 16.8. The zero-order chi connectivity index (χ0) is 24.9. The van der Waals surface area contributed by atoms with Crippen LogP contribution in [-0.4, -0.2) is 46.5 Å². The summed E-state index contributed by atoms with van der Waals surface area (Å²) in [5, 5.41) is 0.547. The van der Waals surface area contributed by atoms with Crippen molar-refractivity contribution in [3.8, 4) is 5.75 Å². The van der Waals surface area contributed by atoms with Crippen LogP contribution >= 0.6 is 57.6 Å². The normalized spacial score (nSPS) is 17.7. The minimum atomic E-state index is -0.432. The molecule has 2 saturated heterocycles. The molecule has 0 spiro atoms. The Balaban J connectivity index is 1.40. The van der Waals surface area contributed by atoms with Crippen molar-refractivity contribution in [1.29, 1.82) is 0 Å². The van der Waals surface area contributed by atoms with E-state index in [0.29, 0.717) is 40.4 Å². The fourth-order valence-electron chi connectivity index (χ4n) is 3.86. The van der Waals surface area contributed by atoms with Gasteiger partial charge in [-0.15, -0.1) is 0 Å². The van der Waals surface area contributed by atoms with Crippen LogP contribution in [-0.2, 0) is 16.2 Å². The lowest BCUT2D eigenvalue weighted by molar-refractivity contribution is -0.135. The van der Waals surface area contributed by atoms with Crippen LogP contribution in [0.15, 0.2) is 41.3 Å². The van der Waals surface area contributed by atoms with Crippen molar-refractivity contribution in [1.82, 2.24) is 9.80 Å². The van der Waals surface area contributed by atoms with Gasteiger partial charge >= 0.3 is 0 Å². The minimum absolute atomic E-state index is 0.173. The van der Waals surface area contributed by atoms with Gasteiger partial charge in [0.25, 0.3) is 11.1 Å². The predicted octanol–water partition coefficient (Wildman–Crippen LogP) is 6.62. The Morgan fingerprint density at radius 1 is 1.03 bits per heavy atom. The molecule has 0 radical (unpaired) electrons. The predicted molar refractivity (Wildman–Crippen MR) is 148 cm³/mol. The summed E-state index contributed by atoms with van der Waals surface area (Å²) < 4.78 is 6.76. The van der Waals surface area contributed by atoms with E-state index in [0.717, 1.165) is 57.0 Å². The first-order valence-electron chi connectivity index (χ1n) is 11.2. The van der Waals surface area contributed by atoms with Gasteiger partial charge in [-0.25, -0.2) is 0 Å². The average Bonchev–Trinajstić information content (AvgIpc) is 3.02. The molecule has 0 bridgehead atoms. The number of amides is 3. The van der Waals surface area contributed by atoms with Gasteiger partial charge in [-0.3, -0.25) is 19.3 Å². The van der Waals surface area contributed by atoms with Crippen molar-refractivity contribution >= 4 is 80.7 Å². The quantitative estimate of drug-likeness (QED) is 0.261. The third-order valence-corrected chi connectivity index (χ3v) is 8.25. The third kappa shape index (κ3) is 6.72. The van der Waals surface area contributed by atoms with E-state index in [1.807, 2.05) is 24.3 Å². The lowest BCUT2D eigenvalue weighted by Crippen LogP contribution is -2.42. The highest BCUT2D eigenvalue weighted by Gasteiger charge is 2.37. The lowest BCUT2D eigenvalue weighted by Gasteiger charge is -2.22. The molecular formula is C25H23Cl2IN2O4S. The van der Waals surface area contributed by atoms with E-state index in [9.17, 15) is 14.4 Å². The number of hydrogen-bond donors (Lipinski definition) is 0. The van der Waals surface area contributed by atoms with Crippen LogP contribution in [0.3, 0.4) is 0 Å². The summed E-state index contributed by atoms with van der Waals surface area (Å²) in [5.74, 6) is 0.0802. The first-order valence-corrected chi connectivity index (χ1v) is 13.9. The fourth-order valence-corrected chi connectivity index (χ4v) is 5.71. The standard InChI is InChI=1S/C25H23Cl2IN2O4S/c26-18-7-5-17(11-19(18)27)15-34-21-8-6-16(12-20(21)28)13-22-24(32)30(25(33)35-22)14-23(31)29-9-3-1-2-4-10-29/h5-8,11-13H,1-4,9-10,14-15H2. The van der Waals surface area contributed by atoms with E-state index >= 15 is 0 Å². The van der Waals surface area contributed by atoms with Crippen LogP contribution in [0.1, 0.15) is 36.8 Å². The van der Waals surface area contributed by atoms with E-state index in [1.165, 1.54) is 0 Å². The molecule has 2 aliphatic rings. The highest BCUT2D eigenvalue weighted by atomic mass is 127. The zero-order valence-corrected chi connectivity index (χ0v) is 23.3. The highest BCUT2D eigenvalue weighted by Crippen LogP contribution is 2.33. The van der Waals surface area contributed by atoms with Crippen LogP contribution in [0.5, 0.6) is 5.75 Å². The molecule has 3 amide bonds. The number of halogens is 3. The monoisotopic (exact) mass is 644 g/mol. The van der Waals surface area contributed by atoms with Crippen molar-refractivity contribution in [3.63, 3.8) is 0 Å². The summed E-state index contributed by atoms with van der Waals surface area (Å²) in [4.78, 5) is 41.1. The maximum absolute atomic E-state index is 12.9. The Morgan fingerprint density at radius 2 is 1.77 bits per heavy atom. The molecule has 2 fully saturated rings. The first kappa shape index (κ1) is 26.3. The van der Waals surface area contributed by atoms with Gasteiger partial charge in [0, 0.05) is 13.1 Å². The summed E-state index contributed by atoms with van der Waals surface area (Å²) in [5.41, 5.74) is 1.66. The number of ether oxygens (including phenoxy) is 1. The highest BCUT2D eigenvalue weighted by molar-refractivity contribution is 14.1. The smallest absolute Gasteiger partial charge is 0.294 e.